The van der Waals surface area contributed by atoms with Gasteiger partial charge in [-0.1, -0.05) is 0 Å². The Morgan fingerprint density at radius 3 is 2.65 bits per heavy atom. The molecule has 0 fully saturated rings. The summed E-state index contributed by atoms with van der Waals surface area (Å²) in [6, 6.07) is 5.46. The highest BCUT2D eigenvalue weighted by Gasteiger charge is 2.14. The van der Waals surface area contributed by atoms with Crippen molar-refractivity contribution in [3.05, 3.63) is 23.8 Å². The van der Waals surface area contributed by atoms with Crippen LogP contribution in [0.25, 0.3) is 0 Å². The minimum atomic E-state index is -0.110. The number of hydrogen-bond donors (Lipinski definition) is 2. The molecule has 0 heterocycles. The van der Waals surface area contributed by atoms with Crippen LogP contribution in [0.2, 0.25) is 0 Å². The first-order chi connectivity index (χ1) is 9.62. The van der Waals surface area contributed by atoms with Crippen molar-refractivity contribution in [1.29, 1.82) is 0 Å². The van der Waals surface area contributed by atoms with Gasteiger partial charge in [-0.25, -0.2) is 0 Å². The highest BCUT2D eigenvalue weighted by atomic mass is 16.5. The van der Waals surface area contributed by atoms with Crippen LogP contribution in [-0.4, -0.2) is 26.7 Å². The van der Waals surface area contributed by atoms with E-state index in [4.69, 9.17) is 15.2 Å². The van der Waals surface area contributed by atoms with Gasteiger partial charge in [0.25, 0.3) is 0 Å². The summed E-state index contributed by atoms with van der Waals surface area (Å²) in [4.78, 5) is 11.8. The molecule has 0 radical (unpaired) electrons. The molecule has 1 rings (SSSR count). The molecule has 0 aromatic heterocycles. The Labute approximate surface area is 120 Å². The molecule has 112 valence electrons. The molecule has 1 aromatic rings. The van der Waals surface area contributed by atoms with Crippen LogP contribution in [0.4, 0.5) is 0 Å². The van der Waals surface area contributed by atoms with E-state index in [1.807, 2.05) is 25.1 Å². The summed E-state index contributed by atoms with van der Waals surface area (Å²) in [5.74, 6) is 1.47. The van der Waals surface area contributed by atoms with Crippen LogP contribution in [0.1, 0.15) is 37.8 Å². The van der Waals surface area contributed by atoms with Gasteiger partial charge in [0.05, 0.1) is 20.3 Å². The molecule has 0 saturated carbocycles. The fourth-order valence-corrected chi connectivity index (χ4v) is 2.00. The quantitative estimate of drug-likeness (QED) is 0.714. The Balaban J connectivity index is 2.66. The fraction of sp³-hybridized carbons (Fsp3) is 0.533. The summed E-state index contributed by atoms with van der Waals surface area (Å²) >= 11 is 0. The molecule has 0 spiro atoms. The topological polar surface area (TPSA) is 73.6 Å². The summed E-state index contributed by atoms with van der Waals surface area (Å²) in [7, 11) is 3.21. The lowest BCUT2D eigenvalue weighted by molar-refractivity contribution is -0.121. The van der Waals surface area contributed by atoms with Crippen molar-refractivity contribution >= 4 is 5.91 Å². The van der Waals surface area contributed by atoms with Crippen LogP contribution in [0, 0.1) is 0 Å². The van der Waals surface area contributed by atoms with Crippen molar-refractivity contribution in [2.75, 3.05) is 20.8 Å². The lowest BCUT2D eigenvalue weighted by Gasteiger charge is -2.18. The molecule has 0 aliphatic rings. The minimum absolute atomic E-state index is 0.0313. The van der Waals surface area contributed by atoms with E-state index in [9.17, 15) is 4.79 Å². The Hall–Kier alpha value is -1.75. The molecular weight excluding hydrogens is 256 g/mol. The van der Waals surface area contributed by atoms with Crippen molar-refractivity contribution in [2.45, 2.75) is 32.2 Å². The Morgan fingerprint density at radius 2 is 2.05 bits per heavy atom. The van der Waals surface area contributed by atoms with Gasteiger partial charge in [-0.05, 0) is 38.4 Å². The molecule has 1 amide bonds. The van der Waals surface area contributed by atoms with Crippen LogP contribution in [-0.2, 0) is 4.79 Å². The van der Waals surface area contributed by atoms with E-state index in [-0.39, 0.29) is 11.9 Å². The van der Waals surface area contributed by atoms with Crippen LogP contribution in [0.15, 0.2) is 18.2 Å². The third kappa shape index (κ3) is 4.74. The van der Waals surface area contributed by atoms with Crippen LogP contribution in [0.3, 0.4) is 0 Å². The van der Waals surface area contributed by atoms with Gasteiger partial charge in [0.1, 0.15) is 11.5 Å². The number of amides is 1. The Bertz CT molecular complexity index is 435. The number of nitrogens with two attached hydrogens (primary N) is 1. The monoisotopic (exact) mass is 280 g/mol. The predicted molar refractivity (Wildman–Crippen MR) is 79.0 cm³/mol. The first-order valence-electron chi connectivity index (χ1n) is 6.83. The number of benzene rings is 1. The zero-order valence-electron chi connectivity index (χ0n) is 12.4. The molecular formula is C15H24N2O3. The van der Waals surface area contributed by atoms with E-state index >= 15 is 0 Å². The SMILES string of the molecule is COc1ccc(C(C)NC(=O)CCCCN)c(OC)c1. The average molecular weight is 280 g/mol. The molecule has 20 heavy (non-hydrogen) atoms. The average Bonchev–Trinajstić information content (AvgIpc) is 2.46. The fourth-order valence-electron chi connectivity index (χ4n) is 2.00. The number of methoxy groups -OCH3 is 2. The van der Waals surface area contributed by atoms with Gasteiger partial charge in [-0.2, -0.15) is 0 Å². The molecule has 1 aromatic carbocycles. The van der Waals surface area contributed by atoms with E-state index in [2.05, 4.69) is 5.32 Å². The normalized spacial score (nSPS) is 11.8. The molecule has 0 bridgehead atoms. The number of ether oxygens (including phenoxy) is 2. The number of carbonyl (C=O) groups is 1. The van der Waals surface area contributed by atoms with Gasteiger partial charge in [-0.15, -0.1) is 0 Å². The van der Waals surface area contributed by atoms with Crippen molar-refractivity contribution < 1.29 is 14.3 Å². The predicted octanol–water partition coefficient (Wildman–Crippen LogP) is 2.01. The Kier molecular flexibility index (Phi) is 6.87. The zero-order chi connectivity index (χ0) is 15.0. The van der Waals surface area contributed by atoms with Crippen LogP contribution >= 0.6 is 0 Å². The summed E-state index contributed by atoms with van der Waals surface area (Å²) < 4.78 is 10.5. The summed E-state index contributed by atoms with van der Waals surface area (Å²) in [6.07, 6.45) is 2.18. The van der Waals surface area contributed by atoms with E-state index in [0.29, 0.717) is 18.7 Å². The maximum absolute atomic E-state index is 11.8. The third-order valence-electron chi connectivity index (χ3n) is 3.14. The standard InChI is InChI=1S/C15H24N2O3/c1-11(17-15(18)6-4-5-9-16)13-8-7-12(19-2)10-14(13)20-3/h7-8,10-11H,4-6,9,16H2,1-3H3,(H,17,18). The first-order valence-corrected chi connectivity index (χ1v) is 6.83. The van der Waals surface area contributed by atoms with E-state index in [1.165, 1.54) is 0 Å². The molecule has 0 saturated heterocycles. The second kappa shape index (κ2) is 8.43. The van der Waals surface area contributed by atoms with Gasteiger partial charge in [-0.3, -0.25) is 4.79 Å². The van der Waals surface area contributed by atoms with Crippen molar-refractivity contribution in [2.24, 2.45) is 5.73 Å². The second-order valence-electron chi connectivity index (χ2n) is 4.64. The smallest absolute Gasteiger partial charge is 0.220 e. The van der Waals surface area contributed by atoms with E-state index < -0.39 is 0 Å². The number of nitrogens with one attached hydrogen (secondary N) is 1. The number of carbonyl (C=O) groups excluding carboxylic acids is 1. The largest absolute Gasteiger partial charge is 0.497 e. The lowest BCUT2D eigenvalue weighted by atomic mass is 10.1. The zero-order valence-corrected chi connectivity index (χ0v) is 12.4. The van der Waals surface area contributed by atoms with Gasteiger partial charge in [0.2, 0.25) is 5.91 Å². The molecule has 1 atom stereocenters. The minimum Gasteiger partial charge on any atom is -0.497 e. The highest BCUT2D eigenvalue weighted by molar-refractivity contribution is 5.76. The van der Waals surface area contributed by atoms with Crippen molar-refractivity contribution in [1.82, 2.24) is 5.32 Å². The number of rotatable bonds is 8. The van der Waals surface area contributed by atoms with Crippen molar-refractivity contribution in [3.8, 4) is 11.5 Å². The number of hydrogen-bond acceptors (Lipinski definition) is 4. The van der Waals surface area contributed by atoms with Gasteiger partial charge in [0.15, 0.2) is 0 Å². The van der Waals surface area contributed by atoms with E-state index in [1.54, 1.807) is 14.2 Å². The molecule has 3 N–H and O–H groups in total. The van der Waals surface area contributed by atoms with Gasteiger partial charge < -0.3 is 20.5 Å². The summed E-state index contributed by atoms with van der Waals surface area (Å²) in [6.45, 7) is 2.56. The second-order valence-corrected chi connectivity index (χ2v) is 4.64. The molecule has 0 aliphatic carbocycles. The maximum atomic E-state index is 11.8. The summed E-state index contributed by atoms with van der Waals surface area (Å²) in [5.41, 5.74) is 6.34. The summed E-state index contributed by atoms with van der Waals surface area (Å²) in [5, 5.41) is 2.97. The van der Waals surface area contributed by atoms with E-state index in [0.717, 1.165) is 24.2 Å². The third-order valence-corrected chi connectivity index (χ3v) is 3.14. The molecule has 0 aliphatic heterocycles. The maximum Gasteiger partial charge on any atom is 0.220 e. The van der Waals surface area contributed by atoms with Crippen molar-refractivity contribution in [3.63, 3.8) is 0 Å². The highest BCUT2D eigenvalue weighted by Crippen LogP contribution is 2.29. The molecule has 5 nitrogen and oxygen atoms in total. The van der Waals surface area contributed by atoms with Gasteiger partial charge in [0, 0.05) is 18.1 Å². The van der Waals surface area contributed by atoms with Gasteiger partial charge >= 0.3 is 0 Å². The number of unbranched alkanes of at least 4 members (excludes halogenated alkanes) is 1. The Morgan fingerprint density at radius 1 is 1.30 bits per heavy atom. The van der Waals surface area contributed by atoms with Crippen LogP contribution < -0.4 is 20.5 Å². The van der Waals surface area contributed by atoms with Crippen LogP contribution in [0.5, 0.6) is 11.5 Å². The molecule has 5 heteroatoms. The molecule has 1 unspecified atom stereocenters. The lowest BCUT2D eigenvalue weighted by Crippen LogP contribution is -2.26. The first kappa shape index (κ1) is 16.3.